The van der Waals surface area contributed by atoms with Crippen LogP contribution in [0.4, 0.5) is 4.39 Å². The molecule has 0 bridgehead atoms. The Bertz CT molecular complexity index is 621. The van der Waals surface area contributed by atoms with Crippen molar-refractivity contribution >= 4 is 28.8 Å². The number of pyridine rings is 1. The monoisotopic (exact) mass is 296 g/mol. The van der Waals surface area contributed by atoms with E-state index in [1.54, 1.807) is 18.2 Å². The van der Waals surface area contributed by atoms with Crippen molar-refractivity contribution in [3.8, 4) is 5.75 Å². The number of hydrogen-bond donors (Lipinski definition) is 1. The minimum Gasteiger partial charge on any atom is -0.488 e. The maximum Gasteiger partial charge on any atom is 0.141 e. The van der Waals surface area contributed by atoms with E-state index in [4.69, 9.17) is 34.3 Å². The number of ether oxygens (including phenoxy) is 1. The van der Waals surface area contributed by atoms with Gasteiger partial charge in [0, 0.05) is 16.8 Å². The molecule has 1 aromatic heterocycles. The molecule has 0 fully saturated rings. The average molecular weight is 297 g/mol. The second-order valence-corrected chi connectivity index (χ2v) is 4.68. The standard InChI is InChI=1S/C13H10ClFN2OS/c14-9-1-2-11(13(16)19)12(4-9)18-7-8-3-10(15)6-17-5-8/h1-6H,7H2,(H2,16,19). The minimum absolute atomic E-state index is 0.153. The Morgan fingerprint density at radius 3 is 2.84 bits per heavy atom. The van der Waals surface area contributed by atoms with E-state index in [0.717, 1.165) is 6.20 Å². The van der Waals surface area contributed by atoms with Crippen LogP contribution < -0.4 is 10.5 Å². The van der Waals surface area contributed by atoms with Gasteiger partial charge in [-0.1, -0.05) is 23.8 Å². The Balaban J connectivity index is 2.19. The number of benzene rings is 1. The van der Waals surface area contributed by atoms with Crippen molar-refractivity contribution in [2.24, 2.45) is 5.73 Å². The van der Waals surface area contributed by atoms with Crippen LogP contribution in [0.3, 0.4) is 0 Å². The molecule has 6 heteroatoms. The van der Waals surface area contributed by atoms with Gasteiger partial charge in [-0.2, -0.15) is 0 Å². The zero-order chi connectivity index (χ0) is 13.8. The van der Waals surface area contributed by atoms with Crippen molar-refractivity contribution in [2.75, 3.05) is 0 Å². The van der Waals surface area contributed by atoms with Crippen molar-refractivity contribution in [2.45, 2.75) is 6.61 Å². The van der Waals surface area contributed by atoms with E-state index < -0.39 is 5.82 Å². The third-order valence-corrected chi connectivity index (χ3v) is 2.82. The molecule has 0 aliphatic carbocycles. The van der Waals surface area contributed by atoms with Crippen molar-refractivity contribution in [3.63, 3.8) is 0 Å². The molecule has 98 valence electrons. The lowest BCUT2D eigenvalue weighted by Gasteiger charge is -2.11. The summed E-state index contributed by atoms with van der Waals surface area (Å²) < 4.78 is 18.5. The predicted octanol–water partition coefficient (Wildman–Crippen LogP) is 3.09. The Hall–Kier alpha value is -1.72. The lowest BCUT2D eigenvalue weighted by atomic mass is 10.2. The maximum atomic E-state index is 13.0. The molecule has 0 spiro atoms. The number of halogens is 2. The molecular formula is C13H10ClFN2OS. The summed E-state index contributed by atoms with van der Waals surface area (Å²) in [5.74, 6) is 0.0472. The highest BCUT2D eigenvalue weighted by molar-refractivity contribution is 7.80. The van der Waals surface area contributed by atoms with Gasteiger partial charge in [-0.15, -0.1) is 0 Å². The van der Waals surface area contributed by atoms with Crippen LogP contribution in [-0.4, -0.2) is 9.97 Å². The summed E-state index contributed by atoms with van der Waals surface area (Å²) in [6, 6.07) is 6.32. The molecule has 0 radical (unpaired) electrons. The highest BCUT2D eigenvalue weighted by Crippen LogP contribution is 2.24. The smallest absolute Gasteiger partial charge is 0.141 e. The first-order valence-corrected chi connectivity index (χ1v) is 6.16. The summed E-state index contributed by atoms with van der Waals surface area (Å²) in [6.07, 6.45) is 2.65. The molecule has 2 aromatic rings. The van der Waals surface area contributed by atoms with Crippen molar-refractivity contribution in [1.82, 2.24) is 4.98 Å². The molecule has 3 nitrogen and oxygen atoms in total. The molecule has 0 saturated heterocycles. The van der Waals surface area contributed by atoms with E-state index in [1.807, 2.05) is 0 Å². The zero-order valence-corrected chi connectivity index (χ0v) is 11.3. The molecular weight excluding hydrogens is 287 g/mol. The van der Waals surface area contributed by atoms with Crippen molar-refractivity contribution in [3.05, 3.63) is 58.6 Å². The Morgan fingerprint density at radius 2 is 2.16 bits per heavy atom. The van der Waals surface area contributed by atoms with Gasteiger partial charge >= 0.3 is 0 Å². The predicted molar refractivity (Wildman–Crippen MR) is 75.9 cm³/mol. The first-order chi connectivity index (χ1) is 9.06. The summed E-state index contributed by atoms with van der Waals surface area (Å²) in [7, 11) is 0. The molecule has 0 atom stereocenters. The van der Waals surface area contributed by atoms with Gasteiger partial charge < -0.3 is 10.5 Å². The molecule has 0 unspecified atom stereocenters. The SMILES string of the molecule is NC(=S)c1ccc(Cl)cc1OCc1cncc(F)c1. The van der Waals surface area contributed by atoms with Crippen LogP contribution in [-0.2, 0) is 6.61 Å². The molecule has 2 rings (SSSR count). The summed E-state index contributed by atoms with van der Waals surface area (Å²) in [5, 5.41) is 0.507. The maximum absolute atomic E-state index is 13.0. The van der Waals surface area contributed by atoms with Crippen LogP contribution in [0.2, 0.25) is 5.02 Å². The van der Waals surface area contributed by atoms with E-state index in [1.165, 1.54) is 12.3 Å². The van der Waals surface area contributed by atoms with E-state index in [2.05, 4.69) is 4.98 Å². The quantitative estimate of drug-likeness (QED) is 0.881. The fourth-order valence-corrected chi connectivity index (χ4v) is 1.85. The molecule has 0 aliphatic rings. The third-order valence-electron chi connectivity index (χ3n) is 2.36. The first-order valence-electron chi connectivity index (χ1n) is 5.38. The number of nitrogens with two attached hydrogens (primary N) is 1. The van der Waals surface area contributed by atoms with Gasteiger partial charge in [-0.05, 0) is 24.3 Å². The van der Waals surface area contributed by atoms with Gasteiger partial charge in [0.2, 0.25) is 0 Å². The fraction of sp³-hybridized carbons (Fsp3) is 0.0769. The van der Waals surface area contributed by atoms with Crippen molar-refractivity contribution < 1.29 is 9.13 Å². The number of rotatable bonds is 4. The number of hydrogen-bond acceptors (Lipinski definition) is 3. The van der Waals surface area contributed by atoms with E-state index >= 15 is 0 Å². The Labute approximate surface area is 120 Å². The topological polar surface area (TPSA) is 48.1 Å². The zero-order valence-electron chi connectivity index (χ0n) is 9.77. The molecule has 0 aliphatic heterocycles. The molecule has 1 aromatic carbocycles. The Kier molecular flexibility index (Phi) is 4.29. The van der Waals surface area contributed by atoms with E-state index in [-0.39, 0.29) is 11.6 Å². The van der Waals surface area contributed by atoms with Gasteiger partial charge in [0.25, 0.3) is 0 Å². The summed E-state index contributed by atoms with van der Waals surface area (Å²) >= 11 is 10.8. The second kappa shape index (κ2) is 5.95. The van der Waals surface area contributed by atoms with E-state index in [9.17, 15) is 4.39 Å². The molecule has 2 N–H and O–H groups in total. The molecule has 0 amide bonds. The van der Waals surface area contributed by atoms with Crippen LogP contribution in [0.25, 0.3) is 0 Å². The molecule has 0 saturated carbocycles. The lowest BCUT2D eigenvalue weighted by molar-refractivity contribution is 0.304. The van der Waals surface area contributed by atoms with Gasteiger partial charge in [0.05, 0.1) is 11.8 Å². The molecule has 19 heavy (non-hydrogen) atoms. The second-order valence-electron chi connectivity index (χ2n) is 3.80. The van der Waals surface area contributed by atoms with Gasteiger partial charge in [-0.25, -0.2) is 4.39 Å². The average Bonchev–Trinajstić information content (AvgIpc) is 2.36. The van der Waals surface area contributed by atoms with Crippen LogP contribution in [0.1, 0.15) is 11.1 Å². The fourth-order valence-electron chi connectivity index (χ4n) is 1.52. The summed E-state index contributed by atoms with van der Waals surface area (Å²) in [5.41, 5.74) is 6.79. The van der Waals surface area contributed by atoms with Crippen LogP contribution >= 0.6 is 23.8 Å². The van der Waals surface area contributed by atoms with E-state index in [0.29, 0.717) is 21.9 Å². The van der Waals surface area contributed by atoms with Crippen molar-refractivity contribution in [1.29, 1.82) is 0 Å². The Morgan fingerprint density at radius 1 is 1.37 bits per heavy atom. The van der Waals surface area contributed by atoms with Gasteiger partial charge in [-0.3, -0.25) is 4.98 Å². The highest BCUT2D eigenvalue weighted by Gasteiger charge is 2.08. The normalized spacial score (nSPS) is 10.2. The first kappa shape index (κ1) is 13.7. The molecule has 1 heterocycles. The van der Waals surface area contributed by atoms with Gasteiger partial charge in [0.1, 0.15) is 23.2 Å². The highest BCUT2D eigenvalue weighted by atomic mass is 35.5. The van der Waals surface area contributed by atoms with Crippen LogP contribution in [0, 0.1) is 5.82 Å². The van der Waals surface area contributed by atoms with Crippen LogP contribution in [0.15, 0.2) is 36.7 Å². The number of aromatic nitrogens is 1. The van der Waals surface area contributed by atoms with Gasteiger partial charge in [0.15, 0.2) is 0 Å². The third kappa shape index (κ3) is 3.62. The summed E-state index contributed by atoms with van der Waals surface area (Å²) in [4.78, 5) is 3.95. The van der Waals surface area contributed by atoms with Crippen LogP contribution in [0.5, 0.6) is 5.75 Å². The summed E-state index contributed by atoms with van der Waals surface area (Å²) in [6.45, 7) is 0.153. The lowest BCUT2D eigenvalue weighted by Crippen LogP contribution is -2.11. The largest absolute Gasteiger partial charge is 0.488 e. The minimum atomic E-state index is -0.415. The number of thiocarbonyl (C=S) groups is 1. The number of nitrogens with zero attached hydrogens (tertiary/aromatic N) is 1.